The summed E-state index contributed by atoms with van der Waals surface area (Å²) in [5, 5.41) is 18.5. The van der Waals surface area contributed by atoms with Gasteiger partial charge in [0.2, 0.25) is 5.91 Å². The van der Waals surface area contributed by atoms with Crippen molar-refractivity contribution >= 4 is 17.4 Å². The lowest BCUT2D eigenvalue weighted by molar-refractivity contribution is -0.129. The minimum atomic E-state index is -1.29. The van der Waals surface area contributed by atoms with Crippen LogP contribution < -0.4 is 5.32 Å². The van der Waals surface area contributed by atoms with Gasteiger partial charge in [0.1, 0.15) is 5.78 Å². The largest absolute Gasteiger partial charge is 0.368 e. The molecule has 0 aliphatic carbocycles. The summed E-state index contributed by atoms with van der Waals surface area (Å²) < 4.78 is 0. The Morgan fingerprint density at radius 2 is 2.33 bits per heavy atom. The van der Waals surface area contributed by atoms with Gasteiger partial charge < -0.3 is 15.8 Å². The van der Waals surface area contributed by atoms with Crippen LogP contribution in [0.15, 0.2) is 0 Å². The van der Waals surface area contributed by atoms with E-state index in [1.165, 1.54) is 6.92 Å². The van der Waals surface area contributed by atoms with E-state index in [-0.39, 0.29) is 17.9 Å². The van der Waals surface area contributed by atoms with Gasteiger partial charge in [0, 0.05) is 6.42 Å². The Balaban J connectivity index is 2.80. The zero-order chi connectivity index (χ0) is 9.30. The summed E-state index contributed by atoms with van der Waals surface area (Å²) in [6.07, 6.45) is -1.31. The van der Waals surface area contributed by atoms with E-state index in [4.69, 9.17) is 10.5 Å². The Hall–Kier alpha value is -1.23. The van der Waals surface area contributed by atoms with Crippen LogP contribution in [0.4, 0.5) is 0 Å². The maximum absolute atomic E-state index is 10.9. The van der Waals surface area contributed by atoms with Crippen molar-refractivity contribution < 1.29 is 14.7 Å². The molecule has 3 N–H and O–H groups in total. The van der Waals surface area contributed by atoms with E-state index in [2.05, 4.69) is 5.32 Å². The maximum Gasteiger partial charge on any atom is 0.223 e. The molecule has 0 saturated carbocycles. The molecule has 1 fully saturated rings. The number of hydrogen-bond acceptors (Lipinski definition) is 4. The van der Waals surface area contributed by atoms with E-state index in [1.807, 2.05) is 0 Å². The van der Waals surface area contributed by atoms with Crippen LogP contribution in [0.3, 0.4) is 0 Å². The van der Waals surface area contributed by atoms with Crippen LogP contribution in [0, 0.1) is 11.3 Å². The highest BCUT2D eigenvalue weighted by molar-refractivity contribution is 6.10. The van der Waals surface area contributed by atoms with E-state index in [1.54, 1.807) is 0 Å². The van der Waals surface area contributed by atoms with E-state index >= 15 is 0 Å². The molecule has 1 saturated heterocycles. The number of carbonyl (C=O) groups is 2. The van der Waals surface area contributed by atoms with Crippen LogP contribution in [0.25, 0.3) is 0 Å². The molecular formula is C7H10N2O3. The first kappa shape index (κ1) is 8.86. The normalized spacial score (nSPS) is 29.8. The Kier molecular flexibility index (Phi) is 2.23. The molecular weight excluding hydrogens is 160 g/mol. The summed E-state index contributed by atoms with van der Waals surface area (Å²) in [5.41, 5.74) is -0.123. The quantitative estimate of drug-likeness (QED) is 0.474. The van der Waals surface area contributed by atoms with Gasteiger partial charge >= 0.3 is 0 Å². The second-order valence-corrected chi connectivity index (χ2v) is 2.79. The first-order valence-electron chi connectivity index (χ1n) is 3.58. The van der Waals surface area contributed by atoms with Gasteiger partial charge in [0.05, 0.1) is 11.6 Å². The zero-order valence-corrected chi connectivity index (χ0v) is 6.63. The molecule has 0 spiro atoms. The van der Waals surface area contributed by atoms with Gasteiger partial charge in [0.25, 0.3) is 0 Å². The molecule has 1 aliphatic heterocycles. The molecule has 0 aromatic heterocycles. The second kappa shape index (κ2) is 3.02. The molecule has 1 heterocycles. The summed E-state index contributed by atoms with van der Waals surface area (Å²) in [4.78, 5) is 21.7. The summed E-state index contributed by atoms with van der Waals surface area (Å²) in [6.45, 7) is 1.31. The van der Waals surface area contributed by atoms with Gasteiger partial charge in [-0.3, -0.25) is 9.59 Å². The molecule has 0 aromatic rings. The van der Waals surface area contributed by atoms with Gasteiger partial charge in [-0.05, 0) is 6.92 Å². The Labute approximate surface area is 69.3 Å². The fourth-order valence-corrected chi connectivity index (χ4v) is 1.14. The van der Waals surface area contributed by atoms with E-state index in [0.717, 1.165) is 0 Å². The number of amides is 1. The van der Waals surface area contributed by atoms with Crippen LogP contribution in [-0.4, -0.2) is 28.7 Å². The molecule has 0 aromatic carbocycles. The second-order valence-electron chi connectivity index (χ2n) is 2.79. The minimum absolute atomic E-state index is 0.0226. The number of rotatable bonds is 1. The van der Waals surface area contributed by atoms with Crippen molar-refractivity contribution in [3.05, 3.63) is 0 Å². The average Bonchev–Trinajstić information content (AvgIpc) is 1.96. The molecule has 2 atom stereocenters. The maximum atomic E-state index is 10.9. The summed E-state index contributed by atoms with van der Waals surface area (Å²) in [7, 11) is 0. The molecule has 5 nitrogen and oxygen atoms in total. The molecule has 0 radical (unpaired) electrons. The van der Waals surface area contributed by atoms with Crippen molar-refractivity contribution in [2.75, 3.05) is 0 Å². The minimum Gasteiger partial charge on any atom is -0.368 e. The number of piperidine rings is 1. The third-order valence-electron chi connectivity index (χ3n) is 1.85. The van der Waals surface area contributed by atoms with Crippen LogP contribution >= 0.6 is 0 Å². The highest BCUT2D eigenvalue weighted by atomic mass is 16.3. The van der Waals surface area contributed by atoms with E-state index in [9.17, 15) is 9.59 Å². The number of hydrogen-bond donors (Lipinski definition) is 3. The highest BCUT2D eigenvalue weighted by Crippen LogP contribution is 2.13. The van der Waals surface area contributed by atoms with Gasteiger partial charge in [-0.15, -0.1) is 0 Å². The molecule has 66 valence electrons. The third kappa shape index (κ3) is 1.50. The van der Waals surface area contributed by atoms with Crippen molar-refractivity contribution in [3.8, 4) is 0 Å². The number of carbonyl (C=O) groups excluding carboxylic acids is 2. The SMILES string of the molecule is CC(=O)C1CC(=O)NC(O)C1=N. The van der Waals surface area contributed by atoms with Gasteiger partial charge in [-0.2, -0.15) is 0 Å². The van der Waals surface area contributed by atoms with E-state index < -0.39 is 18.1 Å². The van der Waals surface area contributed by atoms with Crippen molar-refractivity contribution in [1.29, 1.82) is 5.41 Å². The summed E-state index contributed by atoms with van der Waals surface area (Å²) in [6, 6.07) is 0. The van der Waals surface area contributed by atoms with Gasteiger partial charge in [-0.1, -0.05) is 0 Å². The van der Waals surface area contributed by atoms with E-state index in [0.29, 0.717) is 0 Å². The standard InChI is InChI=1S/C7H10N2O3/c1-3(10)4-2-5(11)9-7(12)6(4)8/h4,7-8,12H,2H2,1H3,(H,9,11). The average molecular weight is 170 g/mol. The Morgan fingerprint density at radius 3 is 2.83 bits per heavy atom. The topological polar surface area (TPSA) is 90.2 Å². The summed E-state index contributed by atoms with van der Waals surface area (Å²) >= 11 is 0. The number of aliphatic hydroxyl groups excluding tert-OH is 1. The zero-order valence-electron chi connectivity index (χ0n) is 6.63. The van der Waals surface area contributed by atoms with Crippen molar-refractivity contribution in [2.45, 2.75) is 19.6 Å². The van der Waals surface area contributed by atoms with Crippen molar-refractivity contribution in [3.63, 3.8) is 0 Å². The fraction of sp³-hybridized carbons (Fsp3) is 0.571. The van der Waals surface area contributed by atoms with Crippen LogP contribution in [0.1, 0.15) is 13.3 Å². The number of ketones is 1. The van der Waals surface area contributed by atoms with Gasteiger partial charge in [0.15, 0.2) is 6.23 Å². The predicted octanol–water partition coefficient (Wildman–Crippen LogP) is -0.950. The molecule has 0 bridgehead atoms. The molecule has 1 aliphatic rings. The predicted molar refractivity (Wildman–Crippen MR) is 40.7 cm³/mol. The smallest absolute Gasteiger partial charge is 0.223 e. The Morgan fingerprint density at radius 1 is 1.75 bits per heavy atom. The summed E-state index contributed by atoms with van der Waals surface area (Å²) in [5.74, 6) is -1.39. The lowest BCUT2D eigenvalue weighted by Crippen LogP contribution is -2.51. The molecule has 1 amide bonds. The first-order chi connectivity index (χ1) is 5.52. The third-order valence-corrected chi connectivity index (χ3v) is 1.85. The number of nitrogens with one attached hydrogen (secondary N) is 2. The molecule has 1 rings (SSSR count). The van der Waals surface area contributed by atoms with Crippen LogP contribution in [0.5, 0.6) is 0 Å². The van der Waals surface area contributed by atoms with Gasteiger partial charge in [-0.25, -0.2) is 0 Å². The lowest BCUT2D eigenvalue weighted by Gasteiger charge is -2.25. The molecule has 12 heavy (non-hydrogen) atoms. The number of Topliss-reactive ketones (excluding diaryl/α,β-unsaturated/α-hetero) is 1. The highest BCUT2D eigenvalue weighted by Gasteiger charge is 2.33. The van der Waals surface area contributed by atoms with Crippen LogP contribution in [0.2, 0.25) is 0 Å². The van der Waals surface area contributed by atoms with Crippen molar-refractivity contribution in [1.82, 2.24) is 5.32 Å². The molecule has 5 heteroatoms. The van der Waals surface area contributed by atoms with Crippen molar-refractivity contribution in [2.24, 2.45) is 5.92 Å². The monoisotopic (exact) mass is 170 g/mol. The first-order valence-corrected chi connectivity index (χ1v) is 3.58. The fourth-order valence-electron chi connectivity index (χ4n) is 1.14. The number of aliphatic hydroxyl groups is 1. The van der Waals surface area contributed by atoms with Crippen LogP contribution in [-0.2, 0) is 9.59 Å². The molecule has 2 unspecified atom stereocenters. The lowest BCUT2D eigenvalue weighted by atomic mass is 9.91. The Bertz CT molecular complexity index is 249.